The van der Waals surface area contributed by atoms with E-state index >= 15 is 0 Å². The largest absolute Gasteiger partial charge is 0.339 e. The minimum atomic E-state index is -0.0941. The van der Waals surface area contributed by atoms with Crippen molar-refractivity contribution in [1.29, 1.82) is 0 Å². The van der Waals surface area contributed by atoms with E-state index in [2.05, 4.69) is 10.6 Å². The van der Waals surface area contributed by atoms with Crippen LogP contribution in [0.4, 0.5) is 11.4 Å². The summed E-state index contributed by atoms with van der Waals surface area (Å²) >= 11 is 0. The average Bonchev–Trinajstić information content (AvgIpc) is 3.60. The van der Waals surface area contributed by atoms with Gasteiger partial charge in [0, 0.05) is 41.9 Å². The van der Waals surface area contributed by atoms with E-state index < -0.39 is 0 Å². The Morgan fingerprint density at radius 2 is 1.31 bits per heavy atom. The van der Waals surface area contributed by atoms with Gasteiger partial charge in [-0.05, 0) is 56.0 Å². The highest BCUT2D eigenvalue weighted by molar-refractivity contribution is 5.98. The number of rotatable bonds is 5. The van der Waals surface area contributed by atoms with Gasteiger partial charge in [-0.2, -0.15) is 0 Å². The predicted octanol–water partition coefficient (Wildman–Crippen LogP) is 3.53. The van der Waals surface area contributed by atoms with Crippen LogP contribution in [0.3, 0.4) is 0 Å². The molecule has 3 amide bonds. The number of benzene rings is 2. The SMILES string of the molecule is O=C(Nc1cccc(C(=O)N2CCC(C(=O)Nc3ccccc3)CC2)c1)C1CC1. The number of carbonyl (C=O) groups excluding carboxylic acids is 3. The van der Waals surface area contributed by atoms with Crippen molar-refractivity contribution in [3.05, 3.63) is 60.2 Å². The van der Waals surface area contributed by atoms with Gasteiger partial charge in [-0.25, -0.2) is 0 Å². The number of nitrogens with zero attached hydrogens (tertiary/aromatic N) is 1. The lowest BCUT2D eigenvalue weighted by molar-refractivity contribution is -0.121. The molecular weight excluding hydrogens is 366 g/mol. The zero-order valence-corrected chi connectivity index (χ0v) is 16.3. The average molecular weight is 391 g/mol. The number of carbonyl (C=O) groups is 3. The van der Waals surface area contributed by atoms with E-state index in [0.717, 1.165) is 18.5 Å². The molecule has 0 radical (unpaired) electrons. The minimum Gasteiger partial charge on any atom is -0.339 e. The van der Waals surface area contributed by atoms with Crippen LogP contribution in [0, 0.1) is 11.8 Å². The molecule has 2 aromatic rings. The molecule has 2 aliphatic rings. The number of hydrogen-bond acceptors (Lipinski definition) is 3. The smallest absolute Gasteiger partial charge is 0.253 e. The zero-order chi connectivity index (χ0) is 20.2. The Morgan fingerprint density at radius 1 is 0.724 bits per heavy atom. The molecule has 2 N–H and O–H groups in total. The summed E-state index contributed by atoms with van der Waals surface area (Å²) in [6.45, 7) is 1.09. The molecule has 29 heavy (non-hydrogen) atoms. The Labute approximate surface area is 170 Å². The number of hydrogen-bond donors (Lipinski definition) is 2. The predicted molar refractivity (Wildman–Crippen MR) is 111 cm³/mol. The Kier molecular flexibility index (Phi) is 5.60. The van der Waals surface area contributed by atoms with Crippen LogP contribution in [0.5, 0.6) is 0 Å². The molecule has 0 bridgehead atoms. The van der Waals surface area contributed by atoms with Crippen LogP contribution < -0.4 is 10.6 Å². The molecule has 0 aromatic heterocycles. The van der Waals surface area contributed by atoms with E-state index in [1.165, 1.54) is 0 Å². The summed E-state index contributed by atoms with van der Waals surface area (Å²) in [5.41, 5.74) is 2.01. The molecule has 1 saturated carbocycles. The maximum absolute atomic E-state index is 12.9. The third-order valence-electron chi connectivity index (χ3n) is 5.52. The van der Waals surface area contributed by atoms with Gasteiger partial charge in [0.25, 0.3) is 5.91 Å². The molecule has 0 unspecified atom stereocenters. The second-order valence-electron chi connectivity index (χ2n) is 7.77. The maximum atomic E-state index is 12.9. The van der Waals surface area contributed by atoms with Crippen molar-refractivity contribution in [1.82, 2.24) is 4.90 Å². The number of amides is 3. The molecule has 1 saturated heterocycles. The molecule has 0 spiro atoms. The van der Waals surface area contributed by atoms with E-state index in [9.17, 15) is 14.4 Å². The maximum Gasteiger partial charge on any atom is 0.253 e. The van der Waals surface area contributed by atoms with Gasteiger partial charge in [0.2, 0.25) is 11.8 Å². The number of likely N-dealkylation sites (tertiary alicyclic amines) is 1. The highest BCUT2D eigenvalue weighted by Crippen LogP contribution is 2.30. The quantitative estimate of drug-likeness (QED) is 0.818. The van der Waals surface area contributed by atoms with E-state index in [-0.39, 0.29) is 29.6 Å². The molecule has 2 fully saturated rings. The summed E-state index contributed by atoms with van der Waals surface area (Å²) in [7, 11) is 0. The fourth-order valence-corrected chi connectivity index (χ4v) is 3.61. The number of para-hydroxylation sites is 1. The first-order valence-electron chi connectivity index (χ1n) is 10.2. The van der Waals surface area contributed by atoms with Gasteiger partial charge in [-0.3, -0.25) is 14.4 Å². The summed E-state index contributed by atoms with van der Waals surface area (Å²) in [6.07, 6.45) is 3.17. The van der Waals surface area contributed by atoms with Crippen molar-refractivity contribution in [3.8, 4) is 0 Å². The Morgan fingerprint density at radius 3 is 1.97 bits per heavy atom. The van der Waals surface area contributed by atoms with Crippen LogP contribution in [0.1, 0.15) is 36.0 Å². The van der Waals surface area contributed by atoms with Crippen molar-refractivity contribution < 1.29 is 14.4 Å². The summed E-state index contributed by atoms with van der Waals surface area (Å²) in [5, 5.41) is 5.83. The first kappa shape index (κ1) is 19.2. The topological polar surface area (TPSA) is 78.5 Å². The van der Waals surface area contributed by atoms with Crippen LogP contribution in [-0.2, 0) is 9.59 Å². The summed E-state index contributed by atoms with van der Waals surface area (Å²) in [6, 6.07) is 16.5. The third kappa shape index (κ3) is 4.83. The van der Waals surface area contributed by atoms with Crippen LogP contribution >= 0.6 is 0 Å². The summed E-state index contributed by atoms with van der Waals surface area (Å²) < 4.78 is 0. The van der Waals surface area contributed by atoms with Crippen molar-refractivity contribution in [3.63, 3.8) is 0 Å². The molecule has 0 atom stereocenters. The zero-order valence-electron chi connectivity index (χ0n) is 16.3. The normalized spacial score (nSPS) is 16.9. The van der Waals surface area contributed by atoms with Crippen molar-refractivity contribution in [2.45, 2.75) is 25.7 Å². The highest BCUT2D eigenvalue weighted by atomic mass is 16.2. The van der Waals surface area contributed by atoms with Crippen molar-refractivity contribution in [2.75, 3.05) is 23.7 Å². The van der Waals surface area contributed by atoms with Gasteiger partial charge in [0.1, 0.15) is 0 Å². The molecule has 4 rings (SSSR count). The van der Waals surface area contributed by atoms with E-state index in [4.69, 9.17) is 0 Å². The molecule has 2 aromatic carbocycles. The van der Waals surface area contributed by atoms with Crippen LogP contribution in [0.2, 0.25) is 0 Å². The fraction of sp³-hybridized carbons (Fsp3) is 0.348. The monoisotopic (exact) mass is 391 g/mol. The Hall–Kier alpha value is -3.15. The summed E-state index contributed by atoms with van der Waals surface area (Å²) in [4.78, 5) is 39.1. The third-order valence-corrected chi connectivity index (χ3v) is 5.52. The van der Waals surface area contributed by atoms with Crippen LogP contribution in [0.15, 0.2) is 54.6 Å². The van der Waals surface area contributed by atoms with Gasteiger partial charge in [0.05, 0.1) is 0 Å². The number of piperidine rings is 1. The number of nitrogens with one attached hydrogen (secondary N) is 2. The van der Waals surface area contributed by atoms with E-state index in [1.807, 2.05) is 30.3 Å². The van der Waals surface area contributed by atoms with Crippen molar-refractivity contribution in [2.24, 2.45) is 11.8 Å². The van der Waals surface area contributed by atoms with Gasteiger partial charge in [0.15, 0.2) is 0 Å². The van der Waals surface area contributed by atoms with Crippen molar-refractivity contribution >= 4 is 29.1 Å². The lowest BCUT2D eigenvalue weighted by Gasteiger charge is -2.31. The van der Waals surface area contributed by atoms with E-state index in [1.54, 1.807) is 29.2 Å². The molecule has 1 heterocycles. The lowest BCUT2D eigenvalue weighted by atomic mass is 9.95. The lowest BCUT2D eigenvalue weighted by Crippen LogP contribution is -2.41. The number of anilines is 2. The fourth-order valence-electron chi connectivity index (χ4n) is 3.61. The molecule has 150 valence electrons. The van der Waals surface area contributed by atoms with Gasteiger partial charge >= 0.3 is 0 Å². The van der Waals surface area contributed by atoms with Gasteiger partial charge < -0.3 is 15.5 Å². The molecular formula is C23H25N3O3. The molecule has 6 nitrogen and oxygen atoms in total. The molecule has 1 aliphatic carbocycles. The first-order valence-corrected chi connectivity index (χ1v) is 10.2. The summed E-state index contributed by atoms with van der Waals surface area (Å²) in [5.74, 6) is 0.00111. The van der Waals surface area contributed by atoms with Crippen LogP contribution in [0.25, 0.3) is 0 Å². The standard InChI is InChI=1S/C23H25N3O3/c27-21(16-9-10-16)25-20-8-4-5-18(15-20)23(29)26-13-11-17(12-14-26)22(28)24-19-6-2-1-3-7-19/h1-8,15-17H,9-14H2,(H,24,28)(H,25,27). The minimum absolute atomic E-state index is 0.00749. The Bertz CT molecular complexity index is 901. The molecule has 6 heteroatoms. The van der Waals surface area contributed by atoms with E-state index in [0.29, 0.717) is 37.2 Å². The second kappa shape index (κ2) is 8.47. The Balaban J connectivity index is 1.31. The molecule has 1 aliphatic heterocycles. The highest BCUT2D eigenvalue weighted by Gasteiger charge is 2.30. The van der Waals surface area contributed by atoms with Gasteiger partial charge in [-0.1, -0.05) is 24.3 Å². The first-order chi connectivity index (χ1) is 14.1. The van der Waals surface area contributed by atoms with Gasteiger partial charge in [-0.15, -0.1) is 0 Å². The van der Waals surface area contributed by atoms with Crippen LogP contribution in [-0.4, -0.2) is 35.7 Å². The second-order valence-corrected chi connectivity index (χ2v) is 7.77.